The Hall–Kier alpha value is -2.50. The SMILES string of the molecule is CCNS(=O)(=O)c1ccc(C)c(C(=O)OCC(=O)Nc2ccccc2SC(F)F)c1. The fraction of sp³-hybridized carbons (Fsp3) is 0.263. The van der Waals surface area contributed by atoms with Crippen molar-refractivity contribution in [1.82, 2.24) is 4.72 Å². The van der Waals surface area contributed by atoms with Crippen LogP contribution in [0.5, 0.6) is 0 Å². The fourth-order valence-electron chi connectivity index (χ4n) is 2.43. The summed E-state index contributed by atoms with van der Waals surface area (Å²) in [6.07, 6.45) is 0. The number of thioether (sulfide) groups is 1. The van der Waals surface area contributed by atoms with Gasteiger partial charge in [-0.2, -0.15) is 8.78 Å². The lowest BCUT2D eigenvalue weighted by molar-refractivity contribution is -0.119. The van der Waals surface area contributed by atoms with Crippen molar-refractivity contribution in [2.75, 3.05) is 18.5 Å². The number of sulfonamides is 1. The van der Waals surface area contributed by atoms with E-state index in [1.807, 2.05) is 0 Å². The summed E-state index contributed by atoms with van der Waals surface area (Å²) in [5.74, 6) is -4.26. The van der Waals surface area contributed by atoms with Gasteiger partial charge in [0.05, 0.1) is 16.1 Å². The van der Waals surface area contributed by atoms with Gasteiger partial charge >= 0.3 is 5.97 Å². The van der Waals surface area contributed by atoms with Gasteiger partial charge in [-0.15, -0.1) is 0 Å². The van der Waals surface area contributed by atoms with Crippen molar-refractivity contribution < 1.29 is 31.5 Å². The third kappa shape index (κ3) is 6.51. The van der Waals surface area contributed by atoms with E-state index < -0.39 is 34.3 Å². The van der Waals surface area contributed by atoms with E-state index in [-0.39, 0.29) is 39.3 Å². The van der Waals surface area contributed by atoms with Gasteiger partial charge in [-0.25, -0.2) is 17.9 Å². The summed E-state index contributed by atoms with van der Waals surface area (Å²) in [6.45, 7) is 2.73. The second-order valence-electron chi connectivity index (χ2n) is 5.98. The molecule has 30 heavy (non-hydrogen) atoms. The molecule has 7 nitrogen and oxygen atoms in total. The molecule has 0 fully saturated rings. The fourth-order valence-corrected chi connectivity index (χ4v) is 4.09. The molecule has 0 aliphatic heterocycles. The minimum absolute atomic E-state index is 0.00423. The third-order valence-corrected chi connectivity index (χ3v) is 6.12. The average molecular weight is 459 g/mol. The van der Waals surface area contributed by atoms with Gasteiger partial charge < -0.3 is 10.1 Å². The van der Waals surface area contributed by atoms with Crippen LogP contribution in [-0.4, -0.2) is 39.2 Å². The molecule has 0 bridgehead atoms. The van der Waals surface area contributed by atoms with E-state index in [1.54, 1.807) is 26.0 Å². The molecule has 1 amide bonds. The predicted molar refractivity (Wildman–Crippen MR) is 109 cm³/mol. The Morgan fingerprint density at radius 3 is 2.53 bits per heavy atom. The van der Waals surface area contributed by atoms with Gasteiger partial charge in [0.1, 0.15) is 0 Å². The van der Waals surface area contributed by atoms with Crippen molar-refractivity contribution in [3.63, 3.8) is 0 Å². The van der Waals surface area contributed by atoms with E-state index in [9.17, 15) is 26.8 Å². The summed E-state index contributed by atoms with van der Waals surface area (Å²) in [7, 11) is -3.77. The Labute approximate surface area is 177 Å². The van der Waals surface area contributed by atoms with Crippen LogP contribution in [0.4, 0.5) is 14.5 Å². The van der Waals surface area contributed by atoms with Crippen molar-refractivity contribution in [2.45, 2.75) is 29.4 Å². The third-order valence-electron chi connectivity index (χ3n) is 3.79. The van der Waals surface area contributed by atoms with Gasteiger partial charge in [0.15, 0.2) is 6.61 Å². The van der Waals surface area contributed by atoms with Crippen LogP contribution in [0, 0.1) is 6.92 Å². The lowest BCUT2D eigenvalue weighted by Gasteiger charge is -2.12. The molecule has 0 saturated heterocycles. The molecule has 2 N–H and O–H groups in total. The summed E-state index contributed by atoms with van der Waals surface area (Å²) < 4.78 is 56.7. The minimum Gasteiger partial charge on any atom is -0.452 e. The van der Waals surface area contributed by atoms with Gasteiger partial charge in [0.25, 0.3) is 11.7 Å². The summed E-state index contributed by atoms with van der Waals surface area (Å²) in [5, 5.41) is 2.41. The number of ether oxygens (including phenoxy) is 1. The Morgan fingerprint density at radius 2 is 1.87 bits per heavy atom. The zero-order chi connectivity index (χ0) is 22.3. The zero-order valence-corrected chi connectivity index (χ0v) is 17.8. The van der Waals surface area contributed by atoms with Crippen molar-refractivity contribution in [3.05, 3.63) is 53.6 Å². The standard InChI is InChI=1S/C19H20F2N2O5S2/c1-3-22-30(26,27)13-9-8-12(2)14(10-13)18(25)28-11-17(24)23-15-6-4-5-7-16(15)29-19(20)21/h4-10,19,22H,3,11H2,1-2H3,(H,23,24). The first-order valence-corrected chi connectivity index (χ1v) is 11.1. The number of hydrogen-bond donors (Lipinski definition) is 2. The summed E-state index contributed by atoms with van der Waals surface area (Å²) >= 11 is 0.279. The first kappa shape index (κ1) is 23.8. The molecule has 0 aromatic heterocycles. The van der Waals surface area contributed by atoms with E-state index in [4.69, 9.17) is 4.74 Å². The van der Waals surface area contributed by atoms with Crippen molar-refractivity contribution in [1.29, 1.82) is 0 Å². The van der Waals surface area contributed by atoms with E-state index in [1.165, 1.54) is 30.3 Å². The highest BCUT2D eigenvalue weighted by Crippen LogP contribution is 2.31. The number of anilines is 1. The van der Waals surface area contributed by atoms with E-state index in [0.717, 1.165) is 0 Å². The number of halogens is 2. The van der Waals surface area contributed by atoms with Gasteiger partial charge in [0.2, 0.25) is 10.0 Å². The highest BCUT2D eigenvalue weighted by molar-refractivity contribution is 7.99. The van der Waals surface area contributed by atoms with Gasteiger partial charge in [-0.05, 0) is 36.8 Å². The number of amides is 1. The van der Waals surface area contributed by atoms with Crippen LogP contribution in [0.3, 0.4) is 0 Å². The van der Waals surface area contributed by atoms with Crippen LogP contribution >= 0.6 is 11.8 Å². The molecule has 2 aromatic rings. The number of hydrogen-bond acceptors (Lipinski definition) is 6. The largest absolute Gasteiger partial charge is 0.452 e. The molecule has 11 heteroatoms. The first-order valence-electron chi connectivity index (χ1n) is 8.75. The molecule has 2 rings (SSSR count). The molecule has 0 heterocycles. The van der Waals surface area contributed by atoms with E-state index >= 15 is 0 Å². The Balaban J connectivity index is 2.07. The molecule has 0 radical (unpaired) electrons. The first-order chi connectivity index (χ1) is 14.1. The van der Waals surface area contributed by atoms with E-state index in [2.05, 4.69) is 10.0 Å². The number of esters is 1. The van der Waals surface area contributed by atoms with Crippen LogP contribution in [0.1, 0.15) is 22.8 Å². The molecule has 0 spiro atoms. The molecular formula is C19H20F2N2O5S2. The number of alkyl halides is 2. The van der Waals surface area contributed by atoms with Crippen LogP contribution < -0.4 is 10.0 Å². The van der Waals surface area contributed by atoms with Gasteiger partial charge in [0, 0.05) is 11.4 Å². The smallest absolute Gasteiger partial charge is 0.338 e. The monoisotopic (exact) mass is 458 g/mol. The molecule has 0 aliphatic carbocycles. The highest BCUT2D eigenvalue weighted by Gasteiger charge is 2.19. The molecule has 2 aromatic carbocycles. The van der Waals surface area contributed by atoms with Gasteiger partial charge in [-0.3, -0.25) is 4.79 Å². The van der Waals surface area contributed by atoms with Crippen LogP contribution in [-0.2, 0) is 19.6 Å². The maximum atomic E-state index is 12.6. The maximum absolute atomic E-state index is 12.6. The Morgan fingerprint density at radius 1 is 1.17 bits per heavy atom. The lowest BCUT2D eigenvalue weighted by atomic mass is 10.1. The summed E-state index contributed by atoms with van der Waals surface area (Å²) in [5.41, 5.74) is 0.628. The molecule has 162 valence electrons. The number of para-hydroxylation sites is 1. The topological polar surface area (TPSA) is 102 Å². The average Bonchev–Trinajstić information content (AvgIpc) is 2.67. The number of carbonyl (C=O) groups excluding carboxylic acids is 2. The summed E-state index contributed by atoms with van der Waals surface area (Å²) in [4.78, 5) is 24.5. The molecular weight excluding hydrogens is 438 g/mol. The molecule has 0 saturated carbocycles. The number of aryl methyl sites for hydroxylation is 1. The number of benzene rings is 2. The van der Waals surface area contributed by atoms with Crippen molar-refractivity contribution in [2.24, 2.45) is 0 Å². The summed E-state index contributed by atoms with van der Waals surface area (Å²) in [6, 6.07) is 9.98. The van der Waals surface area contributed by atoms with Crippen molar-refractivity contribution >= 4 is 39.3 Å². The predicted octanol–water partition coefficient (Wildman–Crippen LogP) is 3.40. The Kier molecular flexibility index (Phi) is 8.33. The van der Waals surface area contributed by atoms with Gasteiger partial charge in [-0.1, -0.05) is 36.9 Å². The quantitative estimate of drug-likeness (QED) is 0.441. The second kappa shape index (κ2) is 10.5. The maximum Gasteiger partial charge on any atom is 0.338 e. The van der Waals surface area contributed by atoms with Crippen molar-refractivity contribution in [3.8, 4) is 0 Å². The lowest BCUT2D eigenvalue weighted by Crippen LogP contribution is -2.24. The highest BCUT2D eigenvalue weighted by atomic mass is 32.2. The second-order valence-corrected chi connectivity index (χ2v) is 8.78. The molecule has 0 atom stereocenters. The van der Waals surface area contributed by atoms with Crippen LogP contribution in [0.15, 0.2) is 52.3 Å². The minimum atomic E-state index is -3.77. The van der Waals surface area contributed by atoms with Crippen LogP contribution in [0.25, 0.3) is 0 Å². The normalized spacial score (nSPS) is 11.4. The zero-order valence-electron chi connectivity index (χ0n) is 16.1. The number of nitrogens with one attached hydrogen (secondary N) is 2. The van der Waals surface area contributed by atoms with Crippen LogP contribution in [0.2, 0.25) is 0 Å². The number of rotatable bonds is 9. The molecule has 0 unspecified atom stereocenters. The van der Waals surface area contributed by atoms with E-state index in [0.29, 0.717) is 5.56 Å². The Bertz CT molecular complexity index is 1030. The number of carbonyl (C=O) groups is 2. The molecule has 0 aliphatic rings.